The van der Waals surface area contributed by atoms with Crippen LogP contribution in [0, 0.1) is 0 Å². The van der Waals surface area contributed by atoms with E-state index in [9.17, 15) is 4.79 Å². The summed E-state index contributed by atoms with van der Waals surface area (Å²) < 4.78 is 16.9. The molecule has 0 aliphatic carbocycles. The van der Waals surface area contributed by atoms with Crippen LogP contribution < -0.4 is 10.4 Å². The molecule has 5 heteroatoms. The maximum Gasteiger partial charge on any atom is 0.336 e. The van der Waals surface area contributed by atoms with Crippen LogP contribution in [0.4, 0.5) is 0 Å². The van der Waals surface area contributed by atoms with Gasteiger partial charge in [0.15, 0.2) is 0 Å². The van der Waals surface area contributed by atoms with Crippen molar-refractivity contribution < 1.29 is 13.9 Å². The molecule has 1 saturated heterocycles. The average Bonchev–Trinajstić information content (AvgIpc) is 2.68. The fraction of sp³-hybridized carbons (Fsp3) is 0.286. The molecular formula is C21H19ClO4. The highest BCUT2D eigenvalue weighted by atomic mass is 35.5. The van der Waals surface area contributed by atoms with Crippen molar-refractivity contribution in [3.63, 3.8) is 0 Å². The van der Waals surface area contributed by atoms with Crippen LogP contribution in [-0.2, 0) is 4.74 Å². The van der Waals surface area contributed by atoms with Gasteiger partial charge in [-0.2, -0.15) is 0 Å². The molecule has 0 radical (unpaired) electrons. The van der Waals surface area contributed by atoms with Gasteiger partial charge in [-0.3, -0.25) is 0 Å². The molecule has 1 aromatic heterocycles. The summed E-state index contributed by atoms with van der Waals surface area (Å²) in [5.74, 6) is 0.502. The van der Waals surface area contributed by atoms with Gasteiger partial charge in [-0.25, -0.2) is 4.79 Å². The first-order valence-electron chi connectivity index (χ1n) is 8.78. The molecule has 0 bridgehead atoms. The smallest absolute Gasteiger partial charge is 0.336 e. The zero-order chi connectivity index (χ0) is 17.9. The van der Waals surface area contributed by atoms with Crippen LogP contribution in [0.5, 0.6) is 5.75 Å². The first-order valence-corrected chi connectivity index (χ1v) is 9.16. The maximum atomic E-state index is 12.0. The second-order valence-corrected chi connectivity index (χ2v) is 6.83. The lowest BCUT2D eigenvalue weighted by atomic mass is 10.0. The lowest BCUT2D eigenvalue weighted by Crippen LogP contribution is -2.25. The normalized spacial score (nSPS) is 17.3. The molecular weight excluding hydrogens is 352 g/mol. The molecule has 26 heavy (non-hydrogen) atoms. The van der Waals surface area contributed by atoms with E-state index in [1.807, 2.05) is 30.3 Å². The van der Waals surface area contributed by atoms with Gasteiger partial charge in [0.1, 0.15) is 17.9 Å². The van der Waals surface area contributed by atoms with Crippen LogP contribution in [-0.4, -0.2) is 19.3 Å². The number of hydrogen-bond donors (Lipinski definition) is 0. The molecule has 1 atom stereocenters. The van der Waals surface area contributed by atoms with Crippen LogP contribution in [0.1, 0.15) is 19.3 Å². The van der Waals surface area contributed by atoms with E-state index in [0.717, 1.165) is 42.4 Å². The number of fused-ring (bicyclic) bond motifs is 1. The molecule has 1 unspecified atom stereocenters. The van der Waals surface area contributed by atoms with E-state index in [2.05, 4.69) is 0 Å². The van der Waals surface area contributed by atoms with E-state index in [1.165, 1.54) is 6.07 Å². The van der Waals surface area contributed by atoms with Crippen molar-refractivity contribution in [2.24, 2.45) is 0 Å². The fourth-order valence-corrected chi connectivity index (χ4v) is 3.47. The number of hydrogen-bond acceptors (Lipinski definition) is 4. The molecule has 0 spiro atoms. The third-order valence-corrected chi connectivity index (χ3v) is 4.88. The quantitative estimate of drug-likeness (QED) is 0.602. The highest BCUT2D eigenvalue weighted by molar-refractivity contribution is 6.33. The van der Waals surface area contributed by atoms with Gasteiger partial charge in [0.05, 0.1) is 11.1 Å². The monoisotopic (exact) mass is 370 g/mol. The summed E-state index contributed by atoms with van der Waals surface area (Å²) in [5, 5.41) is 1.27. The zero-order valence-corrected chi connectivity index (χ0v) is 15.0. The van der Waals surface area contributed by atoms with Crippen LogP contribution >= 0.6 is 11.6 Å². The highest BCUT2D eigenvalue weighted by Gasteiger charge is 2.17. The molecule has 134 valence electrons. The van der Waals surface area contributed by atoms with Crippen molar-refractivity contribution in [2.75, 3.05) is 13.2 Å². The molecule has 2 aromatic carbocycles. The largest absolute Gasteiger partial charge is 0.489 e. The Kier molecular flexibility index (Phi) is 4.96. The van der Waals surface area contributed by atoms with E-state index < -0.39 is 5.63 Å². The number of halogens is 1. The van der Waals surface area contributed by atoms with Crippen LogP contribution in [0.2, 0.25) is 5.02 Å². The van der Waals surface area contributed by atoms with Gasteiger partial charge in [0.2, 0.25) is 0 Å². The molecule has 4 rings (SSSR count). The molecule has 0 amide bonds. The summed E-state index contributed by atoms with van der Waals surface area (Å²) in [4.78, 5) is 12.0. The van der Waals surface area contributed by atoms with Gasteiger partial charge < -0.3 is 13.9 Å². The van der Waals surface area contributed by atoms with Crippen molar-refractivity contribution in [3.05, 3.63) is 64.0 Å². The Bertz CT molecular complexity index is 959. The number of rotatable bonds is 4. The second kappa shape index (κ2) is 7.52. The SMILES string of the molecule is O=c1cc(-c2ccccc2)c2cc(Cl)c(OCC3CCCCO3)cc2o1. The Hall–Kier alpha value is -2.30. The fourth-order valence-electron chi connectivity index (χ4n) is 3.25. The molecule has 0 saturated carbocycles. The Morgan fingerprint density at radius 3 is 2.73 bits per heavy atom. The van der Waals surface area contributed by atoms with Crippen LogP contribution in [0.25, 0.3) is 22.1 Å². The van der Waals surface area contributed by atoms with Crippen molar-refractivity contribution in [1.82, 2.24) is 0 Å². The van der Waals surface area contributed by atoms with Crippen LogP contribution in [0.15, 0.2) is 57.7 Å². The standard InChI is InChI=1S/C21H19ClO4/c22-18-10-17-16(14-6-2-1-3-7-14)11-21(23)26-19(17)12-20(18)25-13-15-8-4-5-9-24-15/h1-3,6-7,10-12,15H,4-5,8-9,13H2. The van der Waals surface area contributed by atoms with Gasteiger partial charge >= 0.3 is 5.63 Å². The van der Waals surface area contributed by atoms with E-state index in [1.54, 1.807) is 12.1 Å². The lowest BCUT2D eigenvalue weighted by molar-refractivity contribution is -0.0110. The predicted molar refractivity (Wildman–Crippen MR) is 102 cm³/mol. The topological polar surface area (TPSA) is 48.7 Å². The number of benzene rings is 2. The first-order chi connectivity index (χ1) is 12.7. The third-order valence-electron chi connectivity index (χ3n) is 4.58. The van der Waals surface area contributed by atoms with Gasteiger partial charge in [0.25, 0.3) is 0 Å². The maximum absolute atomic E-state index is 12.0. The van der Waals surface area contributed by atoms with Gasteiger partial charge in [-0.15, -0.1) is 0 Å². The molecule has 3 aromatic rings. The number of ether oxygens (including phenoxy) is 2. The summed E-state index contributed by atoms with van der Waals surface area (Å²) in [6, 6.07) is 14.7. The van der Waals surface area contributed by atoms with Gasteiger partial charge in [-0.1, -0.05) is 41.9 Å². The van der Waals surface area contributed by atoms with Crippen molar-refractivity contribution in [2.45, 2.75) is 25.4 Å². The van der Waals surface area contributed by atoms with Crippen LogP contribution in [0.3, 0.4) is 0 Å². The highest BCUT2D eigenvalue weighted by Crippen LogP contribution is 2.35. The van der Waals surface area contributed by atoms with E-state index >= 15 is 0 Å². The lowest BCUT2D eigenvalue weighted by Gasteiger charge is -2.22. The summed E-state index contributed by atoms with van der Waals surface area (Å²) in [7, 11) is 0. The van der Waals surface area contributed by atoms with E-state index in [4.69, 9.17) is 25.5 Å². The Morgan fingerprint density at radius 2 is 1.96 bits per heavy atom. The van der Waals surface area contributed by atoms with Gasteiger partial charge in [0, 0.05) is 24.1 Å². The second-order valence-electron chi connectivity index (χ2n) is 6.42. The average molecular weight is 371 g/mol. The summed E-state index contributed by atoms with van der Waals surface area (Å²) in [6.45, 7) is 1.21. The van der Waals surface area contributed by atoms with E-state index in [0.29, 0.717) is 23.0 Å². The Balaban J connectivity index is 1.69. The summed E-state index contributed by atoms with van der Waals surface area (Å²) >= 11 is 6.43. The van der Waals surface area contributed by atoms with Gasteiger partial charge in [-0.05, 0) is 36.5 Å². The zero-order valence-electron chi connectivity index (χ0n) is 14.2. The first kappa shape index (κ1) is 17.1. The van der Waals surface area contributed by atoms with Crippen molar-refractivity contribution >= 4 is 22.6 Å². The minimum absolute atomic E-state index is 0.0816. The molecule has 1 aliphatic heterocycles. The molecule has 0 N–H and O–H groups in total. The predicted octanol–water partition coefficient (Wildman–Crippen LogP) is 5.06. The minimum Gasteiger partial charge on any atom is -0.489 e. The molecule has 1 aliphatic rings. The minimum atomic E-state index is -0.403. The summed E-state index contributed by atoms with van der Waals surface area (Å²) in [6.07, 6.45) is 3.31. The summed E-state index contributed by atoms with van der Waals surface area (Å²) in [5.41, 5.74) is 1.78. The molecule has 2 heterocycles. The Labute approximate surface area is 156 Å². The molecule has 4 nitrogen and oxygen atoms in total. The van der Waals surface area contributed by atoms with Crippen molar-refractivity contribution in [3.8, 4) is 16.9 Å². The Morgan fingerprint density at radius 1 is 1.12 bits per heavy atom. The van der Waals surface area contributed by atoms with Crippen molar-refractivity contribution in [1.29, 1.82) is 0 Å². The molecule has 1 fully saturated rings. The van der Waals surface area contributed by atoms with E-state index in [-0.39, 0.29) is 6.10 Å². The third kappa shape index (κ3) is 3.62.